The van der Waals surface area contributed by atoms with Gasteiger partial charge in [0.1, 0.15) is 0 Å². The van der Waals surface area contributed by atoms with Crippen molar-refractivity contribution in [3.8, 4) is 0 Å². The number of amides is 2. The van der Waals surface area contributed by atoms with Gasteiger partial charge in [-0.15, -0.1) is 0 Å². The maximum atomic E-state index is 12.6. The summed E-state index contributed by atoms with van der Waals surface area (Å²) in [4.78, 5) is 26.1. The summed E-state index contributed by atoms with van der Waals surface area (Å²) in [6.45, 7) is 2.87. The molecule has 1 saturated heterocycles. The van der Waals surface area contributed by atoms with E-state index in [2.05, 4.69) is 16.8 Å². The van der Waals surface area contributed by atoms with Gasteiger partial charge >= 0.3 is 12.0 Å². The van der Waals surface area contributed by atoms with Crippen LogP contribution >= 0.6 is 11.3 Å². The SMILES string of the molecule is CCOC(=O)c1ccc(NC(=O)N2CCC[C@@H]2c2ccsc2)cc1. The minimum Gasteiger partial charge on any atom is -0.462 e. The Morgan fingerprint density at radius 2 is 2.08 bits per heavy atom. The molecule has 2 amide bonds. The van der Waals surface area contributed by atoms with Gasteiger partial charge < -0.3 is 15.0 Å². The van der Waals surface area contributed by atoms with Gasteiger partial charge in [-0.2, -0.15) is 11.3 Å². The van der Waals surface area contributed by atoms with Crippen LogP contribution in [0, 0.1) is 0 Å². The number of nitrogens with one attached hydrogen (secondary N) is 1. The first-order chi connectivity index (χ1) is 11.7. The molecule has 1 N–H and O–H groups in total. The Balaban J connectivity index is 1.65. The maximum Gasteiger partial charge on any atom is 0.338 e. The smallest absolute Gasteiger partial charge is 0.338 e. The molecule has 126 valence electrons. The van der Waals surface area contributed by atoms with Crippen molar-refractivity contribution in [1.82, 2.24) is 4.90 Å². The number of carbonyl (C=O) groups excluding carboxylic acids is 2. The highest BCUT2D eigenvalue weighted by molar-refractivity contribution is 7.08. The van der Waals surface area contributed by atoms with Crippen LogP contribution in [0.1, 0.15) is 41.7 Å². The number of benzene rings is 1. The zero-order chi connectivity index (χ0) is 16.9. The van der Waals surface area contributed by atoms with Gasteiger partial charge in [-0.05, 0) is 66.4 Å². The van der Waals surface area contributed by atoms with Crippen molar-refractivity contribution in [3.63, 3.8) is 0 Å². The Bertz CT molecular complexity index is 698. The first kappa shape index (κ1) is 16.5. The molecule has 1 aliphatic heterocycles. The Labute approximate surface area is 145 Å². The minimum atomic E-state index is -0.354. The summed E-state index contributed by atoms with van der Waals surface area (Å²) in [5.41, 5.74) is 2.35. The molecule has 2 heterocycles. The number of esters is 1. The predicted molar refractivity (Wildman–Crippen MR) is 94.4 cm³/mol. The van der Waals surface area contributed by atoms with Gasteiger partial charge in [-0.25, -0.2) is 9.59 Å². The predicted octanol–water partition coefficient (Wildman–Crippen LogP) is 4.29. The lowest BCUT2D eigenvalue weighted by Gasteiger charge is -2.24. The van der Waals surface area contributed by atoms with Crippen molar-refractivity contribution in [2.24, 2.45) is 0 Å². The summed E-state index contributed by atoms with van der Waals surface area (Å²) in [6.07, 6.45) is 2.00. The molecule has 0 spiro atoms. The van der Waals surface area contributed by atoms with Crippen molar-refractivity contribution in [1.29, 1.82) is 0 Å². The van der Waals surface area contributed by atoms with E-state index in [1.165, 1.54) is 5.56 Å². The number of anilines is 1. The fourth-order valence-corrected chi connectivity index (χ4v) is 3.63. The van der Waals surface area contributed by atoms with Gasteiger partial charge in [0, 0.05) is 12.2 Å². The van der Waals surface area contributed by atoms with E-state index in [1.54, 1.807) is 42.5 Å². The largest absolute Gasteiger partial charge is 0.462 e. The number of ether oxygens (including phenoxy) is 1. The summed E-state index contributed by atoms with van der Waals surface area (Å²) in [5.74, 6) is -0.354. The third kappa shape index (κ3) is 3.59. The van der Waals surface area contributed by atoms with Crippen LogP contribution in [0.25, 0.3) is 0 Å². The van der Waals surface area contributed by atoms with E-state index < -0.39 is 0 Å². The highest BCUT2D eigenvalue weighted by Gasteiger charge is 2.30. The van der Waals surface area contributed by atoms with E-state index in [9.17, 15) is 9.59 Å². The second-order valence-corrected chi connectivity index (χ2v) is 6.42. The van der Waals surface area contributed by atoms with E-state index in [1.807, 2.05) is 10.3 Å². The zero-order valence-corrected chi connectivity index (χ0v) is 14.3. The molecule has 0 saturated carbocycles. The number of hydrogen-bond donors (Lipinski definition) is 1. The van der Waals surface area contributed by atoms with E-state index >= 15 is 0 Å². The Kier molecular flexibility index (Phi) is 5.15. The topological polar surface area (TPSA) is 58.6 Å². The highest BCUT2D eigenvalue weighted by Crippen LogP contribution is 2.33. The lowest BCUT2D eigenvalue weighted by Crippen LogP contribution is -2.34. The normalized spacial score (nSPS) is 16.9. The Morgan fingerprint density at radius 3 is 2.75 bits per heavy atom. The lowest BCUT2D eigenvalue weighted by atomic mass is 10.1. The number of hydrogen-bond acceptors (Lipinski definition) is 4. The van der Waals surface area contributed by atoms with E-state index in [4.69, 9.17) is 4.74 Å². The molecule has 1 aromatic carbocycles. The fraction of sp³-hybridized carbons (Fsp3) is 0.333. The molecule has 3 rings (SSSR count). The van der Waals surface area contributed by atoms with E-state index in [0.717, 1.165) is 19.4 Å². The van der Waals surface area contributed by atoms with Crippen molar-refractivity contribution >= 4 is 29.0 Å². The zero-order valence-electron chi connectivity index (χ0n) is 13.5. The number of thiophene rings is 1. The second-order valence-electron chi connectivity index (χ2n) is 5.64. The van der Waals surface area contributed by atoms with Gasteiger partial charge in [0.05, 0.1) is 18.2 Å². The van der Waals surface area contributed by atoms with Crippen LogP contribution in [-0.2, 0) is 4.74 Å². The highest BCUT2D eigenvalue weighted by atomic mass is 32.1. The average Bonchev–Trinajstić information content (AvgIpc) is 3.26. The molecule has 2 aromatic rings. The molecule has 1 aliphatic rings. The van der Waals surface area contributed by atoms with Crippen molar-refractivity contribution in [2.45, 2.75) is 25.8 Å². The number of carbonyl (C=O) groups is 2. The molecule has 24 heavy (non-hydrogen) atoms. The second kappa shape index (κ2) is 7.49. The summed E-state index contributed by atoms with van der Waals surface area (Å²) in [5, 5.41) is 7.05. The Morgan fingerprint density at radius 1 is 1.29 bits per heavy atom. The average molecular weight is 344 g/mol. The van der Waals surface area contributed by atoms with Crippen molar-refractivity contribution in [3.05, 3.63) is 52.2 Å². The monoisotopic (exact) mass is 344 g/mol. The molecule has 6 heteroatoms. The van der Waals surface area contributed by atoms with Crippen LogP contribution in [0.5, 0.6) is 0 Å². The van der Waals surface area contributed by atoms with Crippen LogP contribution in [0.2, 0.25) is 0 Å². The van der Waals surface area contributed by atoms with E-state index in [-0.39, 0.29) is 18.0 Å². The molecule has 1 aromatic heterocycles. The molecule has 0 aliphatic carbocycles. The number of likely N-dealkylation sites (tertiary alicyclic amines) is 1. The third-order valence-corrected chi connectivity index (χ3v) is 4.79. The Hall–Kier alpha value is -2.34. The lowest BCUT2D eigenvalue weighted by molar-refractivity contribution is 0.0526. The van der Waals surface area contributed by atoms with Crippen LogP contribution in [-0.4, -0.2) is 30.1 Å². The van der Waals surface area contributed by atoms with Gasteiger partial charge in [0.2, 0.25) is 0 Å². The fourth-order valence-electron chi connectivity index (χ4n) is 2.92. The third-order valence-electron chi connectivity index (χ3n) is 4.09. The standard InChI is InChI=1S/C18H20N2O3S/c1-2-23-17(21)13-5-7-15(8-6-13)19-18(22)20-10-3-4-16(20)14-9-11-24-12-14/h5-9,11-12,16H,2-4,10H2,1H3,(H,19,22)/t16-/m1/s1. The first-order valence-electron chi connectivity index (χ1n) is 8.06. The van der Waals surface area contributed by atoms with Crippen LogP contribution in [0.4, 0.5) is 10.5 Å². The van der Waals surface area contributed by atoms with Crippen LogP contribution in [0.3, 0.4) is 0 Å². The first-order valence-corrected chi connectivity index (χ1v) is 9.00. The van der Waals surface area contributed by atoms with Gasteiger partial charge in [0.25, 0.3) is 0 Å². The summed E-state index contributed by atoms with van der Waals surface area (Å²) in [7, 11) is 0. The van der Waals surface area contributed by atoms with Crippen molar-refractivity contribution < 1.29 is 14.3 Å². The number of rotatable bonds is 4. The van der Waals surface area contributed by atoms with Crippen LogP contribution in [0.15, 0.2) is 41.1 Å². The molecule has 0 bridgehead atoms. The molecular weight excluding hydrogens is 324 g/mol. The number of nitrogens with zero attached hydrogens (tertiary/aromatic N) is 1. The molecule has 0 unspecified atom stereocenters. The van der Waals surface area contributed by atoms with Crippen molar-refractivity contribution in [2.75, 3.05) is 18.5 Å². The summed E-state index contributed by atoms with van der Waals surface area (Å²) >= 11 is 1.65. The molecule has 1 atom stereocenters. The summed E-state index contributed by atoms with van der Waals surface area (Å²) < 4.78 is 4.95. The van der Waals surface area contributed by atoms with Gasteiger partial charge in [0.15, 0.2) is 0 Å². The van der Waals surface area contributed by atoms with Crippen LogP contribution < -0.4 is 5.32 Å². The van der Waals surface area contributed by atoms with E-state index in [0.29, 0.717) is 17.9 Å². The van der Waals surface area contributed by atoms with Gasteiger partial charge in [-0.3, -0.25) is 0 Å². The van der Waals surface area contributed by atoms with Gasteiger partial charge in [-0.1, -0.05) is 0 Å². The molecule has 5 nitrogen and oxygen atoms in total. The number of urea groups is 1. The molecule has 0 radical (unpaired) electrons. The maximum absolute atomic E-state index is 12.6. The molecule has 1 fully saturated rings. The molecular formula is C18H20N2O3S. The minimum absolute atomic E-state index is 0.104. The summed E-state index contributed by atoms with van der Waals surface area (Å²) in [6, 6.07) is 8.89. The quantitative estimate of drug-likeness (QED) is 0.842.